The summed E-state index contributed by atoms with van der Waals surface area (Å²) in [6.07, 6.45) is 5.68. The normalized spacial score (nSPS) is 42.4. The van der Waals surface area contributed by atoms with Crippen molar-refractivity contribution in [2.24, 2.45) is 29.1 Å². The van der Waals surface area contributed by atoms with E-state index in [1.54, 1.807) is 32.9 Å². The monoisotopic (exact) mass is 472 g/mol. The Hall–Kier alpha value is -2.25. The van der Waals surface area contributed by atoms with E-state index in [9.17, 15) is 24.6 Å². The SMILES string of the molecule is C/C=C(\C)C(=O)O[C@]12C[C@H](C)[C@]3(O)[C@H](C=C(COC(C)=O)C[C@@]4(O)C(=O)C(C)=C[C@H]34)[C@H]1C2(C)C. The van der Waals surface area contributed by atoms with Gasteiger partial charge in [-0.25, -0.2) is 4.79 Å². The highest BCUT2D eigenvalue weighted by Gasteiger charge is 2.83. The minimum atomic E-state index is -1.81. The lowest BCUT2D eigenvalue weighted by Crippen LogP contribution is -2.61. The van der Waals surface area contributed by atoms with E-state index >= 15 is 0 Å². The molecule has 0 unspecified atom stereocenters. The topological polar surface area (TPSA) is 110 Å². The molecule has 2 N–H and O–H groups in total. The van der Waals surface area contributed by atoms with E-state index < -0.39 is 45.8 Å². The predicted octanol–water partition coefficient (Wildman–Crippen LogP) is 3.05. The number of fused-ring (bicyclic) bond motifs is 5. The highest BCUT2D eigenvalue weighted by molar-refractivity contribution is 6.04. The molecule has 4 aliphatic rings. The molecule has 0 bridgehead atoms. The van der Waals surface area contributed by atoms with Gasteiger partial charge < -0.3 is 19.7 Å². The van der Waals surface area contributed by atoms with Crippen molar-refractivity contribution in [3.8, 4) is 0 Å². The van der Waals surface area contributed by atoms with Gasteiger partial charge >= 0.3 is 11.9 Å². The van der Waals surface area contributed by atoms with Gasteiger partial charge in [0.1, 0.15) is 17.8 Å². The first kappa shape index (κ1) is 24.9. The number of Topliss-reactive ketones (excluding diaryl/α,β-unsaturated/α-hetero) is 1. The van der Waals surface area contributed by atoms with Gasteiger partial charge in [-0.2, -0.15) is 0 Å². The van der Waals surface area contributed by atoms with Crippen LogP contribution in [0.25, 0.3) is 0 Å². The zero-order valence-corrected chi connectivity index (χ0v) is 21.1. The second-order valence-electron chi connectivity index (χ2n) is 11.3. The number of carbonyl (C=O) groups excluding carboxylic acids is 3. The Balaban J connectivity index is 1.84. The van der Waals surface area contributed by atoms with Gasteiger partial charge in [-0.3, -0.25) is 9.59 Å². The van der Waals surface area contributed by atoms with Crippen molar-refractivity contribution >= 4 is 17.7 Å². The molecule has 7 heteroatoms. The zero-order chi connectivity index (χ0) is 25.4. The first-order valence-corrected chi connectivity index (χ1v) is 12.0. The number of ether oxygens (including phenoxy) is 2. The number of hydrogen-bond acceptors (Lipinski definition) is 7. The van der Waals surface area contributed by atoms with Gasteiger partial charge in [0.25, 0.3) is 0 Å². The van der Waals surface area contributed by atoms with E-state index in [1.807, 2.05) is 26.8 Å². The van der Waals surface area contributed by atoms with Crippen LogP contribution in [-0.4, -0.2) is 51.3 Å². The molecule has 0 radical (unpaired) electrons. The maximum Gasteiger partial charge on any atom is 0.333 e. The molecule has 186 valence electrons. The number of ketones is 1. The Morgan fingerprint density at radius 2 is 1.85 bits per heavy atom. The van der Waals surface area contributed by atoms with E-state index in [-0.39, 0.29) is 30.8 Å². The van der Waals surface area contributed by atoms with Crippen molar-refractivity contribution in [3.05, 3.63) is 34.9 Å². The van der Waals surface area contributed by atoms with E-state index in [1.165, 1.54) is 6.92 Å². The third-order valence-electron chi connectivity index (χ3n) is 9.16. The smallest absolute Gasteiger partial charge is 0.333 e. The molecule has 0 spiro atoms. The Bertz CT molecular complexity index is 1050. The average molecular weight is 473 g/mol. The summed E-state index contributed by atoms with van der Waals surface area (Å²) < 4.78 is 11.4. The number of carbonyl (C=O) groups is 3. The molecule has 7 nitrogen and oxygen atoms in total. The van der Waals surface area contributed by atoms with Crippen LogP contribution < -0.4 is 0 Å². The molecular weight excluding hydrogens is 436 g/mol. The van der Waals surface area contributed by atoms with Crippen LogP contribution in [0.5, 0.6) is 0 Å². The van der Waals surface area contributed by atoms with Crippen LogP contribution in [0.2, 0.25) is 0 Å². The van der Waals surface area contributed by atoms with Crippen molar-refractivity contribution in [1.82, 2.24) is 0 Å². The molecule has 0 aromatic carbocycles. The molecule has 2 fully saturated rings. The van der Waals surface area contributed by atoms with Crippen LogP contribution in [0, 0.1) is 29.1 Å². The summed E-state index contributed by atoms with van der Waals surface area (Å²) in [5.41, 5.74) is -2.95. The van der Waals surface area contributed by atoms with E-state index in [2.05, 4.69) is 0 Å². The van der Waals surface area contributed by atoms with Crippen LogP contribution >= 0.6 is 0 Å². The molecule has 34 heavy (non-hydrogen) atoms. The van der Waals surface area contributed by atoms with Gasteiger partial charge in [-0.1, -0.05) is 39.0 Å². The van der Waals surface area contributed by atoms with E-state index in [0.29, 0.717) is 23.1 Å². The van der Waals surface area contributed by atoms with Gasteiger partial charge in [-0.15, -0.1) is 0 Å². The lowest BCUT2D eigenvalue weighted by molar-refractivity contribution is -0.185. The molecule has 0 amide bonds. The van der Waals surface area contributed by atoms with Gasteiger partial charge in [0.2, 0.25) is 0 Å². The van der Waals surface area contributed by atoms with Crippen molar-refractivity contribution in [2.45, 2.75) is 78.1 Å². The van der Waals surface area contributed by atoms with Crippen LogP contribution in [0.4, 0.5) is 0 Å². The van der Waals surface area contributed by atoms with Gasteiger partial charge in [0.05, 0.1) is 5.60 Å². The van der Waals surface area contributed by atoms with Crippen molar-refractivity contribution < 1.29 is 34.1 Å². The fraction of sp³-hybridized carbons (Fsp3) is 0.667. The largest absolute Gasteiger partial charge is 0.461 e. The minimum absolute atomic E-state index is 0.0270. The number of allylic oxidation sites excluding steroid dienone is 1. The lowest BCUT2D eigenvalue weighted by Gasteiger charge is -2.50. The number of esters is 2. The third kappa shape index (κ3) is 3.12. The Morgan fingerprint density at radius 1 is 1.21 bits per heavy atom. The summed E-state index contributed by atoms with van der Waals surface area (Å²) in [4.78, 5) is 37.5. The quantitative estimate of drug-likeness (QED) is 0.368. The first-order chi connectivity index (χ1) is 15.7. The van der Waals surface area contributed by atoms with Crippen LogP contribution in [0.3, 0.4) is 0 Å². The third-order valence-corrected chi connectivity index (χ3v) is 9.16. The second kappa shape index (κ2) is 7.62. The summed E-state index contributed by atoms with van der Waals surface area (Å²) in [5, 5.41) is 24.1. The van der Waals surface area contributed by atoms with Crippen LogP contribution in [-0.2, 0) is 23.9 Å². The van der Waals surface area contributed by atoms with Crippen LogP contribution in [0.15, 0.2) is 34.9 Å². The Kier molecular flexibility index (Phi) is 5.57. The molecule has 0 aromatic rings. The molecule has 0 saturated heterocycles. The number of hydrogen-bond donors (Lipinski definition) is 2. The fourth-order valence-corrected chi connectivity index (χ4v) is 7.15. The molecule has 2 saturated carbocycles. The molecule has 0 aliphatic heterocycles. The zero-order valence-electron chi connectivity index (χ0n) is 21.1. The van der Waals surface area contributed by atoms with Crippen molar-refractivity contribution in [2.75, 3.05) is 6.61 Å². The Labute approximate surface area is 200 Å². The first-order valence-electron chi connectivity index (χ1n) is 12.0. The highest BCUT2D eigenvalue weighted by Crippen LogP contribution is 2.76. The molecule has 4 rings (SSSR count). The molecule has 0 aromatic heterocycles. The standard InChI is InChI=1S/C27H36O7/c1-8-14(2)23(30)34-26-11-16(4)27(32)19(21(26)24(26,6)7)10-18(13-33-17(5)28)12-25(31)20(27)9-15(3)22(25)29/h8-10,16,19-21,31-32H,11-13H2,1-7H3/b14-8+/t16-,19+,20-,21-,25-,26+,27-/m0/s1. The molecule has 4 aliphatic carbocycles. The summed E-state index contributed by atoms with van der Waals surface area (Å²) >= 11 is 0. The molecule has 0 heterocycles. The summed E-state index contributed by atoms with van der Waals surface area (Å²) in [7, 11) is 0. The average Bonchev–Trinajstić information content (AvgIpc) is 3.16. The molecule has 7 atom stereocenters. The highest BCUT2D eigenvalue weighted by atomic mass is 16.6. The minimum Gasteiger partial charge on any atom is -0.461 e. The maximum absolute atomic E-state index is 13.1. The van der Waals surface area contributed by atoms with Gasteiger partial charge in [-0.05, 0) is 44.3 Å². The molecular formula is C27H36O7. The second-order valence-corrected chi connectivity index (χ2v) is 11.3. The van der Waals surface area contributed by atoms with Crippen molar-refractivity contribution in [1.29, 1.82) is 0 Å². The Morgan fingerprint density at radius 3 is 2.44 bits per heavy atom. The lowest BCUT2D eigenvalue weighted by atomic mass is 9.60. The van der Waals surface area contributed by atoms with Gasteiger partial charge in [0.15, 0.2) is 5.78 Å². The van der Waals surface area contributed by atoms with E-state index in [4.69, 9.17) is 9.47 Å². The van der Waals surface area contributed by atoms with Gasteiger partial charge in [0, 0.05) is 42.1 Å². The van der Waals surface area contributed by atoms with Crippen LogP contribution in [0.1, 0.15) is 61.3 Å². The fourth-order valence-electron chi connectivity index (χ4n) is 7.15. The summed E-state index contributed by atoms with van der Waals surface area (Å²) in [6.45, 7) is 12.3. The van der Waals surface area contributed by atoms with Crippen molar-refractivity contribution in [3.63, 3.8) is 0 Å². The number of aliphatic hydroxyl groups is 2. The number of rotatable bonds is 4. The predicted molar refractivity (Wildman–Crippen MR) is 124 cm³/mol. The maximum atomic E-state index is 13.1. The summed E-state index contributed by atoms with van der Waals surface area (Å²) in [5.74, 6) is -3.19. The van der Waals surface area contributed by atoms with E-state index in [0.717, 1.165) is 0 Å². The summed E-state index contributed by atoms with van der Waals surface area (Å²) in [6, 6.07) is 0.